The molecular formula is C13H25N3O4. The number of carbonyl (C=O) groups excluding carboxylic acids is 2. The minimum absolute atomic E-state index is 0.112. The molecule has 7 heteroatoms. The Bertz CT molecular complexity index is 332. The SMILES string of the molecule is CC(C)CC(CNC(=O)NCCCCC(N)=O)C(=O)O. The Morgan fingerprint density at radius 1 is 1.15 bits per heavy atom. The smallest absolute Gasteiger partial charge is 0.314 e. The van der Waals surface area contributed by atoms with Crippen molar-refractivity contribution in [2.24, 2.45) is 17.6 Å². The number of nitrogens with two attached hydrogens (primary N) is 1. The summed E-state index contributed by atoms with van der Waals surface area (Å²) in [5.74, 6) is -1.57. The molecule has 0 spiro atoms. The number of amides is 3. The van der Waals surface area contributed by atoms with Gasteiger partial charge in [-0.2, -0.15) is 0 Å². The molecule has 0 rings (SSSR count). The Balaban J connectivity index is 3.79. The zero-order valence-electron chi connectivity index (χ0n) is 12.1. The summed E-state index contributed by atoms with van der Waals surface area (Å²) >= 11 is 0. The van der Waals surface area contributed by atoms with Gasteiger partial charge in [0, 0.05) is 19.5 Å². The lowest BCUT2D eigenvalue weighted by Gasteiger charge is -2.15. The van der Waals surface area contributed by atoms with E-state index in [2.05, 4.69) is 10.6 Å². The van der Waals surface area contributed by atoms with Crippen LogP contribution in [-0.2, 0) is 9.59 Å². The van der Waals surface area contributed by atoms with Gasteiger partial charge in [-0.3, -0.25) is 9.59 Å². The van der Waals surface area contributed by atoms with Crippen LogP contribution in [0.1, 0.15) is 39.5 Å². The molecule has 0 saturated heterocycles. The summed E-state index contributed by atoms with van der Waals surface area (Å²) in [6, 6.07) is -0.390. The third kappa shape index (κ3) is 10.2. The minimum Gasteiger partial charge on any atom is -0.481 e. The molecule has 0 radical (unpaired) electrons. The molecule has 0 aliphatic heterocycles. The molecule has 0 bridgehead atoms. The standard InChI is InChI=1S/C13H25N3O4/c1-9(2)7-10(12(18)19)8-16-13(20)15-6-4-3-5-11(14)17/h9-10H,3-8H2,1-2H3,(H2,14,17)(H,18,19)(H2,15,16,20). The fourth-order valence-electron chi connectivity index (χ4n) is 1.75. The number of carboxylic acid groups (broad SMARTS) is 1. The van der Waals surface area contributed by atoms with Crippen molar-refractivity contribution in [2.75, 3.05) is 13.1 Å². The molecule has 1 atom stereocenters. The zero-order valence-corrected chi connectivity index (χ0v) is 12.1. The van der Waals surface area contributed by atoms with Crippen LogP contribution >= 0.6 is 0 Å². The number of carbonyl (C=O) groups is 3. The van der Waals surface area contributed by atoms with Crippen LogP contribution in [-0.4, -0.2) is 36.1 Å². The van der Waals surface area contributed by atoms with Crippen molar-refractivity contribution in [3.8, 4) is 0 Å². The van der Waals surface area contributed by atoms with E-state index in [9.17, 15) is 14.4 Å². The topological polar surface area (TPSA) is 122 Å². The lowest BCUT2D eigenvalue weighted by molar-refractivity contribution is -0.142. The van der Waals surface area contributed by atoms with Crippen LogP contribution in [0.2, 0.25) is 0 Å². The van der Waals surface area contributed by atoms with Crippen LogP contribution in [0.15, 0.2) is 0 Å². The molecule has 7 nitrogen and oxygen atoms in total. The molecule has 3 amide bonds. The van der Waals surface area contributed by atoms with Gasteiger partial charge in [-0.25, -0.2) is 4.79 Å². The maximum absolute atomic E-state index is 11.4. The molecule has 5 N–H and O–H groups in total. The first-order chi connectivity index (χ1) is 9.32. The van der Waals surface area contributed by atoms with Crippen LogP contribution in [0.4, 0.5) is 4.79 Å². The number of urea groups is 1. The number of hydrogen-bond acceptors (Lipinski definition) is 3. The predicted molar refractivity (Wildman–Crippen MR) is 75.0 cm³/mol. The Hall–Kier alpha value is -1.79. The summed E-state index contributed by atoms with van der Waals surface area (Å²) in [5, 5.41) is 14.2. The molecule has 0 fully saturated rings. The highest BCUT2D eigenvalue weighted by Crippen LogP contribution is 2.10. The van der Waals surface area contributed by atoms with Crippen molar-refractivity contribution in [1.29, 1.82) is 0 Å². The molecule has 0 aromatic heterocycles. The third-order valence-corrected chi connectivity index (χ3v) is 2.75. The first-order valence-electron chi connectivity index (χ1n) is 6.85. The van der Waals surface area contributed by atoms with Gasteiger partial charge in [0.25, 0.3) is 0 Å². The molecule has 0 aromatic rings. The van der Waals surface area contributed by atoms with Crippen LogP contribution in [0.3, 0.4) is 0 Å². The number of carboxylic acids is 1. The van der Waals surface area contributed by atoms with Gasteiger partial charge in [-0.1, -0.05) is 13.8 Å². The van der Waals surface area contributed by atoms with E-state index in [0.717, 1.165) is 0 Å². The molecule has 116 valence electrons. The van der Waals surface area contributed by atoms with Crippen molar-refractivity contribution in [2.45, 2.75) is 39.5 Å². The Labute approximate surface area is 119 Å². The van der Waals surface area contributed by atoms with E-state index in [1.165, 1.54) is 0 Å². The normalized spacial score (nSPS) is 11.9. The highest BCUT2D eigenvalue weighted by Gasteiger charge is 2.19. The van der Waals surface area contributed by atoms with Crippen molar-refractivity contribution >= 4 is 17.9 Å². The van der Waals surface area contributed by atoms with Crippen molar-refractivity contribution in [3.63, 3.8) is 0 Å². The lowest BCUT2D eigenvalue weighted by Crippen LogP contribution is -2.40. The number of rotatable bonds is 10. The average Bonchev–Trinajstić information content (AvgIpc) is 2.32. The quantitative estimate of drug-likeness (QED) is 0.441. The number of primary amides is 1. The van der Waals surface area contributed by atoms with Crippen LogP contribution < -0.4 is 16.4 Å². The molecule has 0 saturated carbocycles. The highest BCUT2D eigenvalue weighted by molar-refractivity contribution is 5.76. The third-order valence-electron chi connectivity index (χ3n) is 2.75. The van der Waals surface area contributed by atoms with Crippen LogP contribution in [0.5, 0.6) is 0 Å². The summed E-state index contributed by atoms with van der Waals surface area (Å²) < 4.78 is 0. The van der Waals surface area contributed by atoms with Gasteiger partial charge in [-0.05, 0) is 25.2 Å². The minimum atomic E-state index is -0.902. The number of nitrogens with one attached hydrogen (secondary N) is 2. The monoisotopic (exact) mass is 287 g/mol. The number of unbranched alkanes of at least 4 members (excludes halogenated alkanes) is 1. The van der Waals surface area contributed by atoms with Gasteiger partial charge >= 0.3 is 12.0 Å². The first-order valence-corrected chi connectivity index (χ1v) is 6.85. The van der Waals surface area contributed by atoms with Crippen molar-refractivity contribution < 1.29 is 19.5 Å². The summed E-state index contributed by atoms with van der Waals surface area (Å²) in [5.41, 5.74) is 4.99. The van der Waals surface area contributed by atoms with Crippen molar-refractivity contribution in [1.82, 2.24) is 10.6 Å². The van der Waals surface area contributed by atoms with Crippen molar-refractivity contribution in [3.05, 3.63) is 0 Å². The fourth-order valence-corrected chi connectivity index (χ4v) is 1.75. The molecule has 20 heavy (non-hydrogen) atoms. The summed E-state index contributed by atoms with van der Waals surface area (Å²) in [4.78, 5) is 32.9. The summed E-state index contributed by atoms with van der Waals surface area (Å²) in [6.07, 6.45) is 2.11. The molecule has 0 aliphatic carbocycles. The molecule has 0 aliphatic rings. The van der Waals surface area contributed by atoms with E-state index in [0.29, 0.717) is 32.2 Å². The Kier molecular flexibility index (Phi) is 9.15. The number of hydrogen-bond donors (Lipinski definition) is 4. The van der Waals surface area contributed by atoms with E-state index in [4.69, 9.17) is 10.8 Å². The van der Waals surface area contributed by atoms with Gasteiger partial charge in [-0.15, -0.1) is 0 Å². The highest BCUT2D eigenvalue weighted by atomic mass is 16.4. The maximum Gasteiger partial charge on any atom is 0.314 e. The molecule has 0 heterocycles. The lowest BCUT2D eigenvalue weighted by atomic mass is 9.97. The average molecular weight is 287 g/mol. The van der Waals surface area contributed by atoms with Crippen LogP contribution in [0.25, 0.3) is 0 Å². The summed E-state index contributed by atoms with van der Waals surface area (Å²) in [7, 11) is 0. The molecular weight excluding hydrogens is 262 g/mol. The van der Waals surface area contributed by atoms with Gasteiger partial charge in [0.2, 0.25) is 5.91 Å². The van der Waals surface area contributed by atoms with Gasteiger partial charge in [0.05, 0.1) is 5.92 Å². The van der Waals surface area contributed by atoms with Crippen LogP contribution in [0, 0.1) is 11.8 Å². The number of aliphatic carboxylic acids is 1. The summed E-state index contributed by atoms with van der Waals surface area (Å²) in [6.45, 7) is 4.42. The molecule has 1 unspecified atom stereocenters. The Morgan fingerprint density at radius 3 is 2.30 bits per heavy atom. The van der Waals surface area contributed by atoms with E-state index >= 15 is 0 Å². The van der Waals surface area contributed by atoms with Gasteiger partial charge < -0.3 is 21.5 Å². The second kappa shape index (κ2) is 10.1. The van der Waals surface area contributed by atoms with Gasteiger partial charge in [0.1, 0.15) is 0 Å². The second-order valence-corrected chi connectivity index (χ2v) is 5.22. The second-order valence-electron chi connectivity index (χ2n) is 5.22. The Morgan fingerprint density at radius 2 is 1.80 bits per heavy atom. The fraction of sp³-hybridized carbons (Fsp3) is 0.769. The maximum atomic E-state index is 11.4. The first kappa shape index (κ1) is 18.2. The predicted octanol–water partition coefficient (Wildman–Crippen LogP) is 0.688. The molecule has 0 aromatic carbocycles. The largest absolute Gasteiger partial charge is 0.481 e. The zero-order chi connectivity index (χ0) is 15.5. The van der Waals surface area contributed by atoms with E-state index in [1.807, 2.05) is 13.8 Å². The van der Waals surface area contributed by atoms with E-state index < -0.39 is 11.9 Å². The van der Waals surface area contributed by atoms with Gasteiger partial charge in [0.15, 0.2) is 0 Å². The van der Waals surface area contributed by atoms with E-state index in [-0.39, 0.29) is 24.4 Å². The van der Waals surface area contributed by atoms with E-state index in [1.54, 1.807) is 0 Å².